The predicted molar refractivity (Wildman–Crippen MR) is 68.4 cm³/mol. The number of nitrogens with one attached hydrogen (secondary N) is 2. The number of aryl methyl sites for hydroxylation is 1. The summed E-state index contributed by atoms with van der Waals surface area (Å²) in [5, 5.41) is 6.38. The highest BCUT2D eigenvalue weighted by atomic mass is 32.2. The van der Waals surface area contributed by atoms with Crippen molar-refractivity contribution >= 4 is 10.0 Å². The summed E-state index contributed by atoms with van der Waals surface area (Å²) in [6, 6.07) is -0.174. The highest BCUT2D eigenvalue weighted by Crippen LogP contribution is 2.28. The number of nitrogens with zero attached hydrogens (tertiary/aromatic N) is 1. The lowest BCUT2D eigenvalue weighted by Crippen LogP contribution is -2.44. The van der Waals surface area contributed by atoms with Crippen molar-refractivity contribution in [2.24, 2.45) is 11.7 Å². The van der Waals surface area contributed by atoms with Crippen molar-refractivity contribution in [2.75, 3.05) is 6.54 Å². The normalized spacial score (nSPS) is 19.2. The Kier molecular flexibility index (Phi) is 4.04. The lowest BCUT2D eigenvalue weighted by atomic mass is 9.99. The fourth-order valence-corrected chi connectivity index (χ4v) is 4.02. The number of aromatic nitrogens is 2. The van der Waals surface area contributed by atoms with Gasteiger partial charge in [0.1, 0.15) is 4.90 Å². The van der Waals surface area contributed by atoms with Crippen LogP contribution in [0.1, 0.15) is 31.4 Å². The van der Waals surface area contributed by atoms with E-state index in [1.807, 2.05) is 0 Å². The summed E-state index contributed by atoms with van der Waals surface area (Å²) in [6.07, 6.45) is 5.75. The Morgan fingerprint density at radius 1 is 1.56 bits per heavy atom. The quantitative estimate of drug-likeness (QED) is 0.727. The molecule has 7 heteroatoms. The number of hydrogen-bond donors (Lipinski definition) is 3. The minimum absolute atomic E-state index is 0.174. The Labute approximate surface area is 107 Å². The van der Waals surface area contributed by atoms with E-state index in [0.717, 1.165) is 25.7 Å². The molecule has 1 aliphatic carbocycles. The van der Waals surface area contributed by atoms with Crippen molar-refractivity contribution in [2.45, 2.75) is 43.5 Å². The molecule has 0 aromatic carbocycles. The van der Waals surface area contributed by atoms with E-state index in [-0.39, 0.29) is 10.9 Å². The van der Waals surface area contributed by atoms with E-state index in [9.17, 15) is 8.42 Å². The van der Waals surface area contributed by atoms with Crippen molar-refractivity contribution in [1.82, 2.24) is 14.9 Å². The largest absolute Gasteiger partial charge is 0.329 e. The van der Waals surface area contributed by atoms with Gasteiger partial charge in [-0.25, -0.2) is 13.1 Å². The molecule has 1 saturated carbocycles. The Bertz CT molecular complexity index is 491. The van der Waals surface area contributed by atoms with Crippen LogP contribution in [0.3, 0.4) is 0 Å². The van der Waals surface area contributed by atoms with Crippen LogP contribution in [0.2, 0.25) is 0 Å². The highest BCUT2D eigenvalue weighted by molar-refractivity contribution is 7.89. The van der Waals surface area contributed by atoms with E-state index in [1.54, 1.807) is 6.92 Å². The van der Waals surface area contributed by atoms with Crippen molar-refractivity contribution in [3.63, 3.8) is 0 Å². The number of sulfonamides is 1. The molecular formula is C11H20N4O2S. The monoisotopic (exact) mass is 272 g/mol. The first-order valence-electron chi connectivity index (χ1n) is 6.27. The van der Waals surface area contributed by atoms with Crippen LogP contribution >= 0.6 is 0 Å². The second kappa shape index (κ2) is 5.38. The van der Waals surface area contributed by atoms with Crippen LogP contribution in [0.5, 0.6) is 0 Å². The topological polar surface area (TPSA) is 101 Å². The van der Waals surface area contributed by atoms with E-state index >= 15 is 0 Å². The Morgan fingerprint density at radius 3 is 2.72 bits per heavy atom. The summed E-state index contributed by atoms with van der Waals surface area (Å²) in [6.45, 7) is 2.02. The molecule has 0 saturated heterocycles. The zero-order valence-corrected chi connectivity index (χ0v) is 11.3. The van der Waals surface area contributed by atoms with Crippen LogP contribution in [-0.4, -0.2) is 31.2 Å². The van der Waals surface area contributed by atoms with Gasteiger partial charge in [-0.15, -0.1) is 0 Å². The van der Waals surface area contributed by atoms with Crippen LogP contribution in [0, 0.1) is 12.8 Å². The van der Waals surface area contributed by atoms with Crippen molar-refractivity contribution in [1.29, 1.82) is 0 Å². The lowest BCUT2D eigenvalue weighted by Gasteiger charge is -2.22. The zero-order valence-electron chi connectivity index (χ0n) is 10.5. The average Bonchev–Trinajstić information content (AvgIpc) is 2.96. The third kappa shape index (κ3) is 2.73. The van der Waals surface area contributed by atoms with E-state index in [0.29, 0.717) is 18.2 Å². The van der Waals surface area contributed by atoms with Gasteiger partial charge in [0.05, 0.1) is 11.9 Å². The first-order valence-corrected chi connectivity index (χ1v) is 7.75. The number of rotatable bonds is 5. The molecule has 1 aromatic rings. The van der Waals surface area contributed by atoms with Gasteiger partial charge < -0.3 is 5.73 Å². The molecule has 6 nitrogen and oxygen atoms in total. The van der Waals surface area contributed by atoms with Gasteiger partial charge in [0.15, 0.2) is 0 Å². The molecule has 0 amide bonds. The second-order valence-electron chi connectivity index (χ2n) is 4.87. The van der Waals surface area contributed by atoms with Gasteiger partial charge >= 0.3 is 0 Å². The molecule has 102 valence electrons. The summed E-state index contributed by atoms with van der Waals surface area (Å²) >= 11 is 0. The third-order valence-electron chi connectivity index (χ3n) is 3.60. The SMILES string of the molecule is Cc1[nH]ncc1S(=O)(=O)NC(CN)C1CCCC1. The summed E-state index contributed by atoms with van der Waals surface area (Å²) in [4.78, 5) is 0.207. The third-order valence-corrected chi connectivity index (χ3v) is 5.21. The first kappa shape index (κ1) is 13.5. The van der Waals surface area contributed by atoms with Gasteiger partial charge in [-0.2, -0.15) is 5.10 Å². The Hall–Kier alpha value is -0.920. The van der Waals surface area contributed by atoms with Gasteiger partial charge in [0.25, 0.3) is 0 Å². The molecule has 1 fully saturated rings. The van der Waals surface area contributed by atoms with Crippen molar-refractivity contribution in [3.05, 3.63) is 11.9 Å². The van der Waals surface area contributed by atoms with E-state index in [1.165, 1.54) is 6.20 Å². The molecule has 4 N–H and O–H groups in total. The minimum Gasteiger partial charge on any atom is -0.329 e. The van der Waals surface area contributed by atoms with Crippen LogP contribution in [0.15, 0.2) is 11.1 Å². The fraction of sp³-hybridized carbons (Fsp3) is 0.727. The van der Waals surface area contributed by atoms with Gasteiger partial charge in [-0.3, -0.25) is 5.10 Å². The molecule has 1 aromatic heterocycles. The number of hydrogen-bond acceptors (Lipinski definition) is 4. The van der Waals surface area contributed by atoms with E-state index in [2.05, 4.69) is 14.9 Å². The van der Waals surface area contributed by atoms with Gasteiger partial charge in [0.2, 0.25) is 10.0 Å². The van der Waals surface area contributed by atoms with Crippen molar-refractivity contribution in [3.8, 4) is 0 Å². The van der Waals surface area contributed by atoms with Crippen LogP contribution in [0.4, 0.5) is 0 Å². The molecule has 0 aliphatic heterocycles. The standard InChI is InChI=1S/C11H20N4O2S/c1-8-11(7-13-14-8)18(16,17)15-10(6-12)9-4-2-3-5-9/h7,9-10,15H,2-6,12H2,1H3,(H,13,14). The molecular weight excluding hydrogens is 252 g/mol. The van der Waals surface area contributed by atoms with Crippen LogP contribution < -0.4 is 10.5 Å². The first-order chi connectivity index (χ1) is 8.54. The summed E-state index contributed by atoms with van der Waals surface area (Å²) < 4.78 is 27.1. The fourth-order valence-electron chi connectivity index (χ4n) is 2.57. The maximum absolute atomic E-state index is 12.2. The maximum Gasteiger partial charge on any atom is 0.244 e. The molecule has 1 heterocycles. The molecule has 1 atom stereocenters. The van der Waals surface area contributed by atoms with Crippen molar-refractivity contribution < 1.29 is 8.42 Å². The number of aromatic amines is 1. The predicted octanol–water partition coefficient (Wildman–Crippen LogP) is 0.514. The highest BCUT2D eigenvalue weighted by Gasteiger charge is 2.29. The maximum atomic E-state index is 12.2. The van der Waals surface area contributed by atoms with E-state index in [4.69, 9.17) is 5.73 Å². The smallest absolute Gasteiger partial charge is 0.244 e. The second-order valence-corrected chi connectivity index (χ2v) is 6.55. The van der Waals surface area contributed by atoms with Gasteiger partial charge in [-0.1, -0.05) is 12.8 Å². The Balaban J connectivity index is 2.13. The molecule has 1 aliphatic rings. The average molecular weight is 272 g/mol. The van der Waals surface area contributed by atoms with Crippen LogP contribution in [-0.2, 0) is 10.0 Å². The summed E-state index contributed by atoms with van der Waals surface area (Å²) in [5.74, 6) is 0.358. The number of nitrogens with two attached hydrogens (primary N) is 1. The molecule has 0 bridgehead atoms. The van der Waals surface area contributed by atoms with Gasteiger partial charge in [0, 0.05) is 12.6 Å². The Morgan fingerprint density at radius 2 is 2.22 bits per heavy atom. The molecule has 1 unspecified atom stereocenters. The lowest BCUT2D eigenvalue weighted by molar-refractivity contribution is 0.405. The molecule has 2 rings (SSSR count). The summed E-state index contributed by atoms with van der Waals surface area (Å²) in [7, 11) is -3.52. The van der Waals surface area contributed by atoms with Crippen LogP contribution in [0.25, 0.3) is 0 Å². The zero-order chi connectivity index (χ0) is 13.2. The molecule has 18 heavy (non-hydrogen) atoms. The minimum atomic E-state index is -3.52. The molecule has 0 radical (unpaired) electrons. The van der Waals surface area contributed by atoms with Gasteiger partial charge in [-0.05, 0) is 25.7 Å². The number of H-pyrrole nitrogens is 1. The van der Waals surface area contributed by atoms with E-state index < -0.39 is 10.0 Å². The summed E-state index contributed by atoms with van der Waals surface area (Å²) in [5.41, 5.74) is 6.25. The molecule has 0 spiro atoms.